The van der Waals surface area contributed by atoms with Crippen LogP contribution in [0.3, 0.4) is 0 Å². The van der Waals surface area contributed by atoms with Crippen LogP contribution in [0.4, 0.5) is 5.69 Å². The number of nitrogens with zero attached hydrogens (tertiary/aromatic N) is 3. The molecule has 2 aromatic carbocycles. The molecule has 0 aliphatic heterocycles. The van der Waals surface area contributed by atoms with E-state index in [9.17, 15) is 4.79 Å². The summed E-state index contributed by atoms with van der Waals surface area (Å²) in [6.45, 7) is 1.91. The van der Waals surface area contributed by atoms with Gasteiger partial charge in [-0.2, -0.15) is 4.80 Å². The predicted molar refractivity (Wildman–Crippen MR) is 107 cm³/mol. The number of benzene rings is 2. The summed E-state index contributed by atoms with van der Waals surface area (Å²) >= 11 is 0. The molecule has 1 amide bonds. The lowest BCUT2D eigenvalue weighted by Gasteiger charge is -2.05. The minimum Gasteiger partial charge on any atom is -0.497 e. The maximum atomic E-state index is 12.2. The van der Waals surface area contributed by atoms with Crippen molar-refractivity contribution in [1.82, 2.24) is 15.0 Å². The number of amides is 1. The highest BCUT2D eigenvalue weighted by Gasteiger charge is 2.10. The van der Waals surface area contributed by atoms with Gasteiger partial charge >= 0.3 is 0 Å². The van der Waals surface area contributed by atoms with E-state index in [4.69, 9.17) is 9.15 Å². The molecule has 1 N–H and O–H groups in total. The first kappa shape index (κ1) is 17.5. The van der Waals surface area contributed by atoms with Crippen molar-refractivity contribution in [3.63, 3.8) is 0 Å². The van der Waals surface area contributed by atoms with Crippen molar-refractivity contribution in [3.8, 4) is 11.4 Å². The van der Waals surface area contributed by atoms with Crippen molar-refractivity contribution in [1.29, 1.82) is 0 Å². The number of methoxy groups -OCH3 is 1. The second kappa shape index (κ2) is 7.40. The van der Waals surface area contributed by atoms with Gasteiger partial charge in [-0.15, -0.1) is 10.2 Å². The van der Waals surface area contributed by atoms with Crippen molar-refractivity contribution in [2.75, 3.05) is 12.4 Å². The number of ether oxygens (including phenoxy) is 1. The van der Waals surface area contributed by atoms with Crippen LogP contribution >= 0.6 is 0 Å². The Labute approximate surface area is 161 Å². The van der Waals surface area contributed by atoms with E-state index in [1.54, 1.807) is 36.4 Å². The molecule has 0 bridgehead atoms. The Hall–Kier alpha value is -3.87. The van der Waals surface area contributed by atoms with Gasteiger partial charge in [0.05, 0.1) is 19.1 Å². The number of aromatic nitrogens is 3. The summed E-state index contributed by atoms with van der Waals surface area (Å²) in [5.74, 6) is 1.13. The molecule has 0 saturated heterocycles. The summed E-state index contributed by atoms with van der Waals surface area (Å²) in [5.41, 5.74) is 3.84. The summed E-state index contributed by atoms with van der Waals surface area (Å²) in [7, 11) is 1.62. The summed E-state index contributed by atoms with van der Waals surface area (Å²) in [4.78, 5) is 13.8. The number of carbonyl (C=O) groups excluding carboxylic acids is 1. The molecule has 2 aromatic heterocycles. The quantitative estimate of drug-likeness (QED) is 0.534. The molecule has 4 rings (SSSR count). The Morgan fingerprint density at radius 2 is 1.89 bits per heavy atom. The predicted octanol–water partition coefficient (Wildman–Crippen LogP) is 3.98. The lowest BCUT2D eigenvalue weighted by molar-refractivity contribution is -0.111. The molecule has 28 heavy (non-hydrogen) atoms. The Balaban J connectivity index is 1.58. The minimum atomic E-state index is -0.249. The van der Waals surface area contributed by atoms with Crippen LogP contribution in [0.15, 0.2) is 65.3 Å². The highest BCUT2D eigenvalue weighted by molar-refractivity contribution is 6.03. The van der Waals surface area contributed by atoms with Crippen LogP contribution in [0.25, 0.3) is 22.8 Å². The molecule has 0 radical (unpaired) electrons. The van der Waals surface area contributed by atoms with Gasteiger partial charge in [0.25, 0.3) is 0 Å². The van der Waals surface area contributed by atoms with Crippen LogP contribution in [0.5, 0.6) is 5.75 Å². The molecule has 0 aliphatic carbocycles. The van der Waals surface area contributed by atoms with E-state index in [2.05, 4.69) is 15.5 Å². The van der Waals surface area contributed by atoms with Gasteiger partial charge in [0.15, 0.2) is 0 Å². The van der Waals surface area contributed by atoms with Gasteiger partial charge in [-0.25, -0.2) is 0 Å². The highest BCUT2D eigenvalue weighted by atomic mass is 16.5. The zero-order valence-corrected chi connectivity index (χ0v) is 15.4. The first-order valence-corrected chi connectivity index (χ1v) is 8.67. The smallest absolute Gasteiger partial charge is 0.248 e. The summed E-state index contributed by atoms with van der Waals surface area (Å²) in [6.07, 6.45) is 4.60. The molecule has 2 heterocycles. The Morgan fingerprint density at radius 1 is 1.14 bits per heavy atom. The lowest BCUT2D eigenvalue weighted by atomic mass is 10.1. The Bertz CT molecular complexity index is 1140. The fourth-order valence-corrected chi connectivity index (χ4v) is 2.75. The zero-order chi connectivity index (χ0) is 19.5. The van der Waals surface area contributed by atoms with Crippen molar-refractivity contribution < 1.29 is 13.9 Å². The van der Waals surface area contributed by atoms with E-state index < -0.39 is 0 Å². The number of furan rings is 1. The number of hydrogen-bond donors (Lipinski definition) is 1. The van der Waals surface area contributed by atoms with Gasteiger partial charge in [0.1, 0.15) is 22.5 Å². The molecule has 7 nitrogen and oxygen atoms in total. The van der Waals surface area contributed by atoms with Gasteiger partial charge in [0.2, 0.25) is 5.91 Å². The lowest BCUT2D eigenvalue weighted by Crippen LogP contribution is -2.08. The summed E-state index contributed by atoms with van der Waals surface area (Å²) < 4.78 is 10.4. The molecule has 0 saturated carbocycles. The third kappa shape index (κ3) is 3.64. The second-order valence-corrected chi connectivity index (χ2v) is 6.18. The normalized spacial score (nSPS) is 11.2. The first-order valence-electron chi connectivity index (χ1n) is 8.67. The van der Waals surface area contributed by atoms with Crippen LogP contribution < -0.4 is 10.1 Å². The number of aryl methyl sites for hydroxylation is 1. The van der Waals surface area contributed by atoms with E-state index in [1.165, 1.54) is 6.08 Å². The molecule has 4 aromatic rings. The highest BCUT2D eigenvalue weighted by Crippen LogP contribution is 2.23. The number of anilines is 1. The van der Waals surface area contributed by atoms with E-state index in [-0.39, 0.29) is 5.91 Å². The number of rotatable bonds is 5. The number of carbonyl (C=O) groups is 1. The summed E-state index contributed by atoms with van der Waals surface area (Å²) in [6, 6.07) is 14.7. The van der Waals surface area contributed by atoms with Crippen molar-refractivity contribution in [3.05, 3.63) is 72.2 Å². The van der Waals surface area contributed by atoms with E-state index in [1.807, 2.05) is 43.3 Å². The van der Waals surface area contributed by atoms with E-state index >= 15 is 0 Å². The van der Waals surface area contributed by atoms with Crippen LogP contribution in [0, 0.1) is 6.92 Å². The number of fused-ring (bicyclic) bond motifs is 1. The zero-order valence-electron chi connectivity index (χ0n) is 15.4. The van der Waals surface area contributed by atoms with Crippen LogP contribution in [0.1, 0.15) is 11.3 Å². The van der Waals surface area contributed by atoms with Crippen molar-refractivity contribution in [2.45, 2.75) is 6.92 Å². The van der Waals surface area contributed by atoms with Gasteiger partial charge in [-0.05, 0) is 67.1 Å². The van der Waals surface area contributed by atoms with Crippen molar-refractivity contribution in [2.24, 2.45) is 0 Å². The molecule has 0 fully saturated rings. The summed E-state index contributed by atoms with van der Waals surface area (Å²) in [5, 5.41) is 11.9. The number of hydrogen-bond acceptors (Lipinski definition) is 5. The van der Waals surface area contributed by atoms with E-state index in [0.717, 1.165) is 22.5 Å². The maximum Gasteiger partial charge on any atom is 0.248 e. The van der Waals surface area contributed by atoms with Gasteiger partial charge in [-0.3, -0.25) is 4.79 Å². The van der Waals surface area contributed by atoms with Crippen LogP contribution in [-0.4, -0.2) is 28.0 Å². The fourth-order valence-electron chi connectivity index (χ4n) is 2.75. The molecule has 7 heteroatoms. The Morgan fingerprint density at radius 3 is 2.57 bits per heavy atom. The molecule has 0 unspecified atom stereocenters. The topological polar surface area (TPSA) is 82.2 Å². The monoisotopic (exact) mass is 374 g/mol. The van der Waals surface area contributed by atoms with Gasteiger partial charge in [0, 0.05) is 11.8 Å². The molecule has 0 atom stereocenters. The standard InChI is InChI=1S/C21H18N4O3/c1-14-12-19-20(24-25(23-19)15-5-7-16(27-2)8-6-15)13-18(14)22-21(26)10-9-17-4-3-11-28-17/h3-13H,1-2H3,(H,22,26)/b10-9+. The molecule has 140 valence electrons. The van der Waals surface area contributed by atoms with Crippen LogP contribution in [-0.2, 0) is 4.79 Å². The molecule has 0 spiro atoms. The SMILES string of the molecule is COc1ccc(-n2nc3cc(C)c(NC(=O)/C=C/c4ccco4)cc3n2)cc1. The largest absolute Gasteiger partial charge is 0.497 e. The molecule has 0 aliphatic rings. The minimum absolute atomic E-state index is 0.249. The maximum absolute atomic E-state index is 12.2. The number of nitrogens with one attached hydrogen (secondary N) is 1. The second-order valence-electron chi connectivity index (χ2n) is 6.18. The average molecular weight is 374 g/mol. The molecular weight excluding hydrogens is 356 g/mol. The Kier molecular flexibility index (Phi) is 4.63. The van der Waals surface area contributed by atoms with Gasteiger partial charge in [-0.1, -0.05) is 0 Å². The third-order valence-corrected chi connectivity index (χ3v) is 4.23. The van der Waals surface area contributed by atoms with E-state index in [0.29, 0.717) is 17.0 Å². The fraction of sp³-hybridized carbons (Fsp3) is 0.0952. The van der Waals surface area contributed by atoms with Gasteiger partial charge < -0.3 is 14.5 Å². The van der Waals surface area contributed by atoms with Crippen molar-refractivity contribution >= 4 is 28.7 Å². The average Bonchev–Trinajstić information content (AvgIpc) is 3.36. The molecular formula is C21H18N4O3. The first-order chi connectivity index (χ1) is 13.6. The van der Waals surface area contributed by atoms with Crippen LogP contribution in [0.2, 0.25) is 0 Å². The third-order valence-electron chi connectivity index (χ3n) is 4.23.